The van der Waals surface area contributed by atoms with Crippen LogP contribution in [0.4, 0.5) is 0 Å². The molecule has 4 nitrogen and oxygen atoms in total. The van der Waals surface area contributed by atoms with Crippen LogP contribution < -0.4 is 5.32 Å². The molecule has 2 fully saturated rings. The van der Waals surface area contributed by atoms with Crippen LogP contribution in [0, 0.1) is 11.8 Å². The van der Waals surface area contributed by atoms with E-state index in [0.29, 0.717) is 24.7 Å². The highest BCUT2D eigenvalue weighted by atomic mass is 16.2. The van der Waals surface area contributed by atoms with Gasteiger partial charge in [-0.2, -0.15) is 0 Å². The van der Waals surface area contributed by atoms with E-state index in [0.717, 1.165) is 38.2 Å². The summed E-state index contributed by atoms with van der Waals surface area (Å²) in [5.74, 6) is 1.44. The van der Waals surface area contributed by atoms with Gasteiger partial charge in [0.25, 0.3) is 0 Å². The van der Waals surface area contributed by atoms with Crippen molar-refractivity contribution in [2.24, 2.45) is 11.8 Å². The quantitative estimate of drug-likeness (QED) is 0.583. The fourth-order valence-corrected chi connectivity index (χ4v) is 4.02. The van der Waals surface area contributed by atoms with Gasteiger partial charge in [0.05, 0.1) is 0 Å². The first kappa shape index (κ1) is 18.1. The zero-order chi connectivity index (χ0) is 17.6. The number of hydrogen-bond donors (Lipinski definition) is 1. The fraction of sp³-hybridized carbons (Fsp3) is 0.619. The molecule has 4 heteroatoms. The summed E-state index contributed by atoms with van der Waals surface area (Å²) in [4.78, 5) is 26.7. The number of nitrogens with one attached hydrogen (secondary N) is 1. The van der Waals surface area contributed by atoms with Crippen molar-refractivity contribution in [1.29, 1.82) is 0 Å². The van der Waals surface area contributed by atoms with E-state index in [1.54, 1.807) is 0 Å². The molecule has 2 atom stereocenters. The molecule has 25 heavy (non-hydrogen) atoms. The lowest BCUT2D eigenvalue weighted by Gasteiger charge is -2.17. The molecule has 2 aliphatic rings. The third kappa shape index (κ3) is 4.69. The van der Waals surface area contributed by atoms with Gasteiger partial charge in [-0.1, -0.05) is 44.0 Å². The number of benzene rings is 1. The molecule has 136 valence electrons. The molecule has 0 aliphatic carbocycles. The van der Waals surface area contributed by atoms with Gasteiger partial charge in [0.1, 0.15) is 0 Å². The average Bonchev–Trinajstić information content (AvgIpc) is 3.22. The van der Waals surface area contributed by atoms with Crippen molar-refractivity contribution in [3.05, 3.63) is 35.4 Å². The van der Waals surface area contributed by atoms with E-state index in [9.17, 15) is 9.59 Å². The van der Waals surface area contributed by atoms with Crippen LogP contribution in [0.5, 0.6) is 0 Å². The number of carbonyl (C=O) groups excluding carboxylic acids is 2. The van der Waals surface area contributed by atoms with E-state index in [4.69, 9.17) is 0 Å². The smallest absolute Gasteiger partial charge is 0.223 e. The molecule has 1 aromatic carbocycles. The molecule has 1 aromatic rings. The molecule has 1 N–H and O–H groups in total. The van der Waals surface area contributed by atoms with E-state index in [-0.39, 0.29) is 11.7 Å². The van der Waals surface area contributed by atoms with E-state index in [2.05, 4.69) is 24.4 Å². The minimum Gasteiger partial charge on any atom is -0.342 e. The number of amides is 1. The maximum absolute atomic E-state index is 12.4. The highest BCUT2D eigenvalue weighted by molar-refractivity contribution is 5.98. The third-order valence-corrected chi connectivity index (χ3v) is 5.65. The summed E-state index contributed by atoms with van der Waals surface area (Å²) in [5, 5.41) is 3.38. The van der Waals surface area contributed by atoms with Gasteiger partial charge in [-0.3, -0.25) is 9.59 Å². The van der Waals surface area contributed by atoms with E-state index in [1.807, 2.05) is 17.0 Å². The number of aryl methyl sites for hydroxylation is 1. The Bertz CT molecular complexity index is 584. The minimum absolute atomic E-state index is 0.0783. The summed E-state index contributed by atoms with van der Waals surface area (Å²) in [6.45, 7) is 5.97. The number of likely N-dealkylation sites (tertiary alicyclic amines) is 1. The van der Waals surface area contributed by atoms with E-state index < -0.39 is 0 Å². The maximum Gasteiger partial charge on any atom is 0.223 e. The number of unbranched alkanes of at least 4 members (excludes halogenated alkanes) is 2. The minimum atomic E-state index is 0.0783. The second-order valence-electron chi connectivity index (χ2n) is 7.55. The number of nitrogens with zero attached hydrogens (tertiary/aromatic N) is 1. The van der Waals surface area contributed by atoms with Crippen LogP contribution in [-0.4, -0.2) is 42.8 Å². The van der Waals surface area contributed by atoms with E-state index in [1.165, 1.54) is 24.8 Å². The molecule has 0 aromatic heterocycles. The normalized spacial score (nSPS) is 22.2. The second-order valence-corrected chi connectivity index (χ2v) is 7.55. The Kier molecular flexibility index (Phi) is 6.24. The van der Waals surface area contributed by atoms with Crippen LogP contribution in [0.25, 0.3) is 0 Å². The van der Waals surface area contributed by atoms with Crippen molar-refractivity contribution in [2.45, 2.75) is 45.4 Å². The first-order chi connectivity index (χ1) is 12.2. The Labute approximate surface area is 151 Å². The van der Waals surface area contributed by atoms with Gasteiger partial charge in [0, 0.05) is 44.6 Å². The number of carbonyl (C=O) groups is 2. The summed E-state index contributed by atoms with van der Waals surface area (Å²) in [7, 11) is 0. The number of ketones is 1. The molecule has 0 bridgehead atoms. The predicted octanol–water partition coefficient (Wildman–Crippen LogP) is 3.06. The van der Waals surface area contributed by atoms with Crippen molar-refractivity contribution < 1.29 is 9.59 Å². The highest BCUT2D eigenvalue weighted by Gasteiger charge is 2.37. The van der Waals surface area contributed by atoms with Gasteiger partial charge in [-0.15, -0.1) is 0 Å². The zero-order valence-corrected chi connectivity index (χ0v) is 15.3. The lowest BCUT2D eigenvalue weighted by Crippen LogP contribution is -2.32. The Balaban J connectivity index is 1.43. The van der Waals surface area contributed by atoms with Crippen molar-refractivity contribution >= 4 is 11.7 Å². The average molecular weight is 342 g/mol. The molecular weight excluding hydrogens is 312 g/mol. The Morgan fingerprint density at radius 1 is 1.04 bits per heavy atom. The molecule has 0 radical (unpaired) electrons. The van der Waals surface area contributed by atoms with Crippen molar-refractivity contribution in [2.75, 3.05) is 26.2 Å². The van der Waals surface area contributed by atoms with Gasteiger partial charge in [-0.25, -0.2) is 0 Å². The molecule has 2 saturated heterocycles. The molecule has 1 amide bonds. The van der Waals surface area contributed by atoms with Gasteiger partial charge < -0.3 is 10.2 Å². The standard InChI is InChI=1S/C21H30N2O2/c1-2-3-4-5-16-6-8-17(9-7-16)20(24)10-11-21(25)23-14-18-12-22-13-19(18)15-23/h6-9,18-19,22H,2-5,10-15H2,1H3/t18-,19+. The van der Waals surface area contributed by atoms with Gasteiger partial charge in [-0.05, 0) is 30.2 Å². The molecule has 2 heterocycles. The largest absolute Gasteiger partial charge is 0.342 e. The van der Waals surface area contributed by atoms with E-state index >= 15 is 0 Å². The Hall–Kier alpha value is -1.68. The van der Waals surface area contributed by atoms with Crippen LogP contribution >= 0.6 is 0 Å². The van der Waals surface area contributed by atoms with Gasteiger partial charge >= 0.3 is 0 Å². The summed E-state index contributed by atoms with van der Waals surface area (Å²) in [6.07, 6.45) is 5.40. The van der Waals surface area contributed by atoms with Crippen LogP contribution in [0.1, 0.15) is 54.9 Å². The Morgan fingerprint density at radius 2 is 1.72 bits per heavy atom. The van der Waals surface area contributed by atoms with Crippen LogP contribution in [0.2, 0.25) is 0 Å². The lowest BCUT2D eigenvalue weighted by molar-refractivity contribution is -0.130. The number of Topliss-reactive ketones (excluding diaryl/α,β-unsaturated/α-hetero) is 1. The fourth-order valence-electron chi connectivity index (χ4n) is 4.02. The number of hydrogen-bond acceptors (Lipinski definition) is 3. The highest BCUT2D eigenvalue weighted by Crippen LogP contribution is 2.26. The molecule has 0 saturated carbocycles. The second kappa shape index (κ2) is 8.61. The molecule has 0 spiro atoms. The number of rotatable bonds is 8. The SMILES string of the molecule is CCCCCc1ccc(C(=O)CCC(=O)N2C[C@H]3CNC[C@H]3C2)cc1. The zero-order valence-electron chi connectivity index (χ0n) is 15.3. The van der Waals surface area contributed by atoms with Crippen molar-refractivity contribution in [3.8, 4) is 0 Å². The van der Waals surface area contributed by atoms with Crippen molar-refractivity contribution in [3.63, 3.8) is 0 Å². The Morgan fingerprint density at radius 3 is 2.36 bits per heavy atom. The maximum atomic E-state index is 12.4. The lowest BCUT2D eigenvalue weighted by atomic mass is 10.0. The number of fused-ring (bicyclic) bond motifs is 1. The van der Waals surface area contributed by atoms with Crippen LogP contribution in [0.3, 0.4) is 0 Å². The topological polar surface area (TPSA) is 49.4 Å². The molecule has 2 aliphatic heterocycles. The summed E-state index contributed by atoms with van der Waals surface area (Å²) in [6, 6.07) is 7.94. The van der Waals surface area contributed by atoms with Crippen molar-refractivity contribution in [1.82, 2.24) is 10.2 Å². The summed E-state index contributed by atoms with van der Waals surface area (Å²) < 4.78 is 0. The van der Waals surface area contributed by atoms with Gasteiger partial charge in [0.2, 0.25) is 5.91 Å². The first-order valence-electron chi connectivity index (χ1n) is 9.78. The summed E-state index contributed by atoms with van der Waals surface area (Å²) in [5.41, 5.74) is 2.02. The van der Waals surface area contributed by atoms with Crippen LogP contribution in [-0.2, 0) is 11.2 Å². The first-order valence-corrected chi connectivity index (χ1v) is 9.78. The van der Waals surface area contributed by atoms with Gasteiger partial charge in [0.15, 0.2) is 5.78 Å². The predicted molar refractivity (Wildman–Crippen MR) is 99.7 cm³/mol. The third-order valence-electron chi connectivity index (χ3n) is 5.65. The monoisotopic (exact) mass is 342 g/mol. The molecule has 3 rings (SSSR count). The summed E-state index contributed by atoms with van der Waals surface area (Å²) >= 11 is 0. The molecular formula is C21H30N2O2. The molecule has 0 unspecified atom stereocenters. The van der Waals surface area contributed by atoms with Crippen LogP contribution in [0.15, 0.2) is 24.3 Å².